The van der Waals surface area contributed by atoms with Crippen molar-refractivity contribution in [2.75, 3.05) is 6.61 Å². The maximum Gasteiger partial charge on any atom is 0.0987 e. The molecule has 0 aromatic heterocycles. The average Bonchev–Trinajstić information content (AvgIpc) is 1.35. The Morgan fingerprint density at radius 1 is 1.83 bits per heavy atom. The van der Waals surface area contributed by atoms with Crippen molar-refractivity contribution >= 4 is 0 Å². The third-order valence-corrected chi connectivity index (χ3v) is 0.465. The molecule has 0 atom stereocenters. The highest BCUT2D eigenvalue weighted by atomic mass is 16.2. The fourth-order valence-electron chi connectivity index (χ4n) is 0.158. The summed E-state index contributed by atoms with van der Waals surface area (Å²) in [4.78, 5) is 0. The first-order valence-corrected chi connectivity index (χ1v) is 1.88. The molecule has 0 aliphatic rings. The van der Waals surface area contributed by atoms with Gasteiger partial charge in [0.1, 0.15) is 0 Å². The summed E-state index contributed by atoms with van der Waals surface area (Å²) in [7, 11) is 0. The van der Waals surface area contributed by atoms with Crippen LogP contribution in [-0.4, -0.2) is 11.7 Å². The Bertz CT molecular complexity index is 47.9. The van der Waals surface area contributed by atoms with Gasteiger partial charge in [-0.2, -0.15) is 0 Å². The second-order valence-electron chi connectivity index (χ2n) is 1.22. The molecule has 0 bridgehead atoms. The molecule has 1 heteroatoms. The highest BCUT2D eigenvalue weighted by Gasteiger charge is 1.85. The molecule has 0 unspecified atom stereocenters. The van der Waals surface area contributed by atoms with Gasteiger partial charge < -0.3 is 5.11 Å². The quantitative estimate of drug-likeness (QED) is 0.491. The Morgan fingerprint density at radius 3 is 2.33 bits per heavy atom. The van der Waals surface area contributed by atoms with Gasteiger partial charge in [0.2, 0.25) is 0 Å². The van der Waals surface area contributed by atoms with Crippen molar-refractivity contribution in [3.63, 3.8) is 0 Å². The van der Waals surface area contributed by atoms with E-state index in [1.165, 1.54) is 0 Å². The van der Waals surface area contributed by atoms with E-state index in [4.69, 9.17) is 5.11 Å². The van der Waals surface area contributed by atoms with Crippen LogP contribution in [0.4, 0.5) is 0 Å². The number of hydrogen-bond acceptors (Lipinski definition) is 1. The van der Waals surface area contributed by atoms with Crippen LogP contribution in [0.3, 0.4) is 0 Å². The van der Waals surface area contributed by atoms with E-state index in [9.17, 15) is 0 Å². The van der Waals surface area contributed by atoms with Gasteiger partial charge in [-0.3, -0.25) is 0 Å². The fraction of sp³-hybridized carbons (Fsp3) is 0.400. The molecule has 0 aromatic carbocycles. The third kappa shape index (κ3) is 3.57. The molecule has 0 aliphatic carbocycles. The smallest absolute Gasteiger partial charge is 0.0987 e. The minimum Gasteiger partial charge on any atom is -0.396 e. The molecule has 0 heterocycles. The summed E-state index contributed by atoms with van der Waals surface area (Å²) in [6.07, 6.45) is 0.625. The predicted octanol–water partition coefficient (Wildman–Crippen LogP) is 0.759. The van der Waals surface area contributed by atoms with Gasteiger partial charge >= 0.3 is 0 Å². The second-order valence-corrected chi connectivity index (χ2v) is 1.22. The number of hydrogen-bond donors (Lipinski definition) is 1. The van der Waals surface area contributed by atoms with Gasteiger partial charge in [-0.25, -0.2) is 0 Å². The highest BCUT2D eigenvalue weighted by Crippen LogP contribution is 1.89. The summed E-state index contributed by atoms with van der Waals surface area (Å²) in [6.45, 7) is 7.12. The number of rotatable bonds is 2. The second kappa shape index (κ2) is 2.79. The molecule has 0 spiro atoms. The average molecular weight is 85.1 g/mol. The van der Waals surface area contributed by atoms with Crippen LogP contribution in [0.5, 0.6) is 0 Å². The Balaban J connectivity index is 2.83. The molecule has 0 rings (SSSR count). The van der Waals surface area contributed by atoms with E-state index in [0.29, 0.717) is 6.42 Å². The SMILES string of the molecule is C=C([CH2+])CCO. The van der Waals surface area contributed by atoms with Crippen molar-refractivity contribution < 1.29 is 5.11 Å². The van der Waals surface area contributed by atoms with Crippen LogP contribution in [0.25, 0.3) is 0 Å². The lowest BCUT2D eigenvalue weighted by Gasteiger charge is -1.79. The van der Waals surface area contributed by atoms with E-state index < -0.39 is 0 Å². The molecule has 0 aromatic rings. The molecular weight excluding hydrogens is 76.1 g/mol. The summed E-state index contributed by atoms with van der Waals surface area (Å²) >= 11 is 0. The first-order chi connectivity index (χ1) is 2.77. The first-order valence-electron chi connectivity index (χ1n) is 1.88. The first kappa shape index (κ1) is 5.57. The van der Waals surface area contributed by atoms with Crippen LogP contribution in [0.2, 0.25) is 0 Å². The zero-order valence-electron chi connectivity index (χ0n) is 3.78. The Labute approximate surface area is 38.3 Å². The van der Waals surface area contributed by atoms with Gasteiger partial charge in [-0.1, -0.05) is 0 Å². The van der Waals surface area contributed by atoms with Gasteiger partial charge in [-0.15, -0.1) is 0 Å². The Morgan fingerprint density at radius 2 is 2.33 bits per heavy atom. The monoisotopic (exact) mass is 85.1 g/mol. The number of aliphatic hydroxyl groups excluding tert-OH is 1. The van der Waals surface area contributed by atoms with Crippen molar-refractivity contribution in [3.05, 3.63) is 19.1 Å². The van der Waals surface area contributed by atoms with Crippen LogP contribution >= 0.6 is 0 Å². The minimum atomic E-state index is 0.169. The molecular formula is C5H9O+. The van der Waals surface area contributed by atoms with Crippen LogP contribution in [0.15, 0.2) is 12.2 Å². The van der Waals surface area contributed by atoms with Gasteiger partial charge in [0.05, 0.1) is 12.2 Å². The van der Waals surface area contributed by atoms with Crippen molar-refractivity contribution in [3.8, 4) is 0 Å². The van der Waals surface area contributed by atoms with Crippen LogP contribution in [0, 0.1) is 6.92 Å². The van der Waals surface area contributed by atoms with Crippen LogP contribution in [-0.2, 0) is 0 Å². The Kier molecular flexibility index (Phi) is 2.59. The minimum absolute atomic E-state index is 0.169. The Hall–Kier alpha value is -0.430. The lowest BCUT2D eigenvalue weighted by molar-refractivity contribution is 0.300. The molecule has 0 saturated heterocycles. The van der Waals surface area contributed by atoms with Crippen molar-refractivity contribution in [1.82, 2.24) is 0 Å². The third-order valence-electron chi connectivity index (χ3n) is 0.465. The lowest BCUT2D eigenvalue weighted by Crippen LogP contribution is -1.79. The van der Waals surface area contributed by atoms with Crippen LogP contribution in [0.1, 0.15) is 6.42 Å². The van der Waals surface area contributed by atoms with E-state index in [-0.39, 0.29) is 6.61 Å². The molecule has 0 radical (unpaired) electrons. The molecule has 0 amide bonds. The topological polar surface area (TPSA) is 20.2 Å². The molecule has 1 nitrogen and oxygen atoms in total. The van der Waals surface area contributed by atoms with E-state index in [0.717, 1.165) is 5.57 Å². The molecule has 0 fully saturated rings. The summed E-state index contributed by atoms with van der Waals surface area (Å²) < 4.78 is 0. The predicted molar refractivity (Wildman–Crippen MR) is 26.2 cm³/mol. The normalized spacial score (nSPS) is 8.17. The van der Waals surface area contributed by atoms with Gasteiger partial charge in [0, 0.05) is 19.9 Å². The number of aliphatic hydroxyl groups is 1. The zero-order chi connectivity index (χ0) is 4.99. The van der Waals surface area contributed by atoms with Crippen molar-refractivity contribution in [1.29, 1.82) is 0 Å². The summed E-state index contributed by atoms with van der Waals surface area (Å²) in [6, 6.07) is 0. The van der Waals surface area contributed by atoms with E-state index in [1.807, 2.05) is 0 Å². The molecule has 0 aliphatic heterocycles. The van der Waals surface area contributed by atoms with E-state index in [1.54, 1.807) is 0 Å². The largest absolute Gasteiger partial charge is 0.396 e. The van der Waals surface area contributed by atoms with Crippen molar-refractivity contribution in [2.45, 2.75) is 6.42 Å². The highest BCUT2D eigenvalue weighted by molar-refractivity contribution is 4.96. The van der Waals surface area contributed by atoms with Gasteiger partial charge in [0.25, 0.3) is 0 Å². The maximum atomic E-state index is 8.14. The summed E-state index contributed by atoms with van der Waals surface area (Å²) in [5, 5.41) is 8.14. The summed E-state index contributed by atoms with van der Waals surface area (Å²) in [5.41, 5.74) is 0.789. The van der Waals surface area contributed by atoms with Gasteiger partial charge in [0.15, 0.2) is 0 Å². The zero-order valence-corrected chi connectivity index (χ0v) is 3.78. The summed E-state index contributed by atoms with van der Waals surface area (Å²) in [5.74, 6) is 0. The fourth-order valence-corrected chi connectivity index (χ4v) is 0.158. The van der Waals surface area contributed by atoms with Crippen LogP contribution < -0.4 is 0 Å². The standard InChI is InChI=1S/C5H9O/c1-5(2)3-4-6/h6H,1-4H2/q+1. The maximum absolute atomic E-state index is 8.14. The molecule has 0 saturated carbocycles. The molecule has 1 N–H and O–H groups in total. The lowest BCUT2D eigenvalue weighted by atomic mass is 10.3. The van der Waals surface area contributed by atoms with E-state index >= 15 is 0 Å². The molecule has 6 heavy (non-hydrogen) atoms. The van der Waals surface area contributed by atoms with Crippen molar-refractivity contribution in [2.24, 2.45) is 0 Å². The van der Waals surface area contributed by atoms with E-state index in [2.05, 4.69) is 13.5 Å². The molecule has 34 valence electrons. The van der Waals surface area contributed by atoms with Gasteiger partial charge in [-0.05, 0) is 0 Å².